The summed E-state index contributed by atoms with van der Waals surface area (Å²) in [5, 5.41) is 3.45. The Morgan fingerprint density at radius 3 is 2.69 bits per heavy atom. The fourth-order valence-electron chi connectivity index (χ4n) is 2.60. The summed E-state index contributed by atoms with van der Waals surface area (Å²) in [7, 11) is 0. The van der Waals surface area contributed by atoms with Gasteiger partial charge in [0.25, 0.3) is 0 Å². The molecule has 0 bridgehead atoms. The lowest BCUT2D eigenvalue weighted by molar-refractivity contribution is -0.135. The largest absolute Gasteiger partial charge is 0.338 e. The molecule has 0 aromatic carbocycles. The van der Waals surface area contributed by atoms with Gasteiger partial charge in [0.1, 0.15) is 0 Å². The molecule has 1 unspecified atom stereocenters. The van der Waals surface area contributed by atoms with Gasteiger partial charge in [-0.05, 0) is 39.4 Å². The van der Waals surface area contributed by atoms with Crippen LogP contribution in [0.3, 0.4) is 0 Å². The molecule has 2 saturated heterocycles. The molecule has 2 rings (SSSR count). The van der Waals surface area contributed by atoms with Crippen LogP contribution in [0.1, 0.15) is 33.6 Å². The monoisotopic (exact) mass is 242 g/mol. The van der Waals surface area contributed by atoms with Crippen molar-refractivity contribution in [2.45, 2.75) is 43.9 Å². The van der Waals surface area contributed by atoms with Gasteiger partial charge in [0, 0.05) is 25.2 Å². The lowest BCUT2D eigenvalue weighted by Gasteiger charge is -2.41. The number of thioether (sulfide) groups is 1. The summed E-state index contributed by atoms with van der Waals surface area (Å²) in [6, 6.07) is 0. The Morgan fingerprint density at radius 2 is 2.12 bits per heavy atom. The number of carbonyl (C=O) groups excluding carboxylic acids is 1. The Balaban J connectivity index is 2.04. The molecule has 3 nitrogen and oxygen atoms in total. The summed E-state index contributed by atoms with van der Waals surface area (Å²) in [5.74, 6) is 1.49. The Morgan fingerprint density at radius 1 is 1.38 bits per heavy atom. The molecule has 16 heavy (non-hydrogen) atoms. The van der Waals surface area contributed by atoms with E-state index in [2.05, 4.69) is 31.0 Å². The zero-order valence-electron chi connectivity index (χ0n) is 10.5. The van der Waals surface area contributed by atoms with Crippen LogP contribution in [0.2, 0.25) is 0 Å². The number of amides is 1. The number of hydrogen-bond donors (Lipinski definition) is 1. The van der Waals surface area contributed by atoms with E-state index < -0.39 is 0 Å². The molecule has 2 heterocycles. The molecule has 0 aliphatic carbocycles. The summed E-state index contributed by atoms with van der Waals surface area (Å²) in [5.41, 5.74) is 0.0630. The van der Waals surface area contributed by atoms with Crippen molar-refractivity contribution in [3.63, 3.8) is 0 Å². The first kappa shape index (κ1) is 12.2. The molecule has 0 saturated carbocycles. The van der Waals surface area contributed by atoms with E-state index in [4.69, 9.17) is 0 Å². The van der Waals surface area contributed by atoms with Crippen molar-refractivity contribution >= 4 is 17.7 Å². The molecule has 0 aromatic rings. The van der Waals surface area contributed by atoms with Crippen molar-refractivity contribution in [1.29, 1.82) is 0 Å². The van der Waals surface area contributed by atoms with Gasteiger partial charge < -0.3 is 10.2 Å². The summed E-state index contributed by atoms with van der Waals surface area (Å²) in [6.45, 7) is 9.05. The zero-order valence-corrected chi connectivity index (χ0v) is 11.3. The van der Waals surface area contributed by atoms with E-state index in [0.29, 0.717) is 5.91 Å². The molecule has 1 N–H and O–H groups in total. The average Bonchev–Trinajstić information content (AvgIpc) is 2.64. The van der Waals surface area contributed by atoms with Crippen LogP contribution in [0.15, 0.2) is 0 Å². The van der Waals surface area contributed by atoms with Crippen LogP contribution in [-0.2, 0) is 4.79 Å². The lowest BCUT2D eigenvalue weighted by Crippen LogP contribution is -2.60. The lowest BCUT2D eigenvalue weighted by atomic mass is 9.98. The van der Waals surface area contributed by atoms with Crippen LogP contribution in [0.5, 0.6) is 0 Å². The highest BCUT2D eigenvalue weighted by Gasteiger charge is 2.42. The summed E-state index contributed by atoms with van der Waals surface area (Å²) >= 11 is 1.83. The fourth-order valence-corrected chi connectivity index (χ4v) is 3.88. The zero-order chi connectivity index (χ0) is 11.8. The number of nitrogens with zero attached hydrogens (tertiary/aromatic N) is 1. The van der Waals surface area contributed by atoms with Gasteiger partial charge in [0.05, 0.1) is 4.75 Å². The fraction of sp³-hybridized carbons (Fsp3) is 0.917. The first-order chi connectivity index (χ1) is 7.43. The third kappa shape index (κ3) is 2.38. The SMILES string of the molecule is CC1(C)CN(C(=O)C2(C)CCCS2)CCN1. The van der Waals surface area contributed by atoms with E-state index >= 15 is 0 Å². The molecular formula is C12H22N2OS. The molecule has 0 radical (unpaired) electrons. The van der Waals surface area contributed by atoms with Crippen LogP contribution in [0.4, 0.5) is 0 Å². The second-order valence-electron chi connectivity index (χ2n) is 5.72. The van der Waals surface area contributed by atoms with Gasteiger partial charge in [0.2, 0.25) is 5.91 Å². The van der Waals surface area contributed by atoms with Crippen LogP contribution >= 0.6 is 11.8 Å². The maximum absolute atomic E-state index is 12.5. The topological polar surface area (TPSA) is 32.3 Å². The van der Waals surface area contributed by atoms with E-state index in [0.717, 1.165) is 31.8 Å². The molecule has 1 atom stereocenters. The Labute approximate surface area is 102 Å². The maximum Gasteiger partial charge on any atom is 0.238 e. The van der Waals surface area contributed by atoms with Crippen LogP contribution in [0, 0.1) is 0 Å². The van der Waals surface area contributed by atoms with Gasteiger partial charge >= 0.3 is 0 Å². The van der Waals surface area contributed by atoms with Crippen molar-refractivity contribution < 1.29 is 4.79 Å². The maximum atomic E-state index is 12.5. The Bertz CT molecular complexity index is 285. The van der Waals surface area contributed by atoms with Crippen molar-refractivity contribution in [3.05, 3.63) is 0 Å². The van der Waals surface area contributed by atoms with Crippen molar-refractivity contribution in [3.8, 4) is 0 Å². The first-order valence-corrected chi connectivity index (χ1v) is 7.10. The summed E-state index contributed by atoms with van der Waals surface area (Å²) in [6.07, 6.45) is 2.23. The molecule has 1 amide bonds. The molecule has 2 fully saturated rings. The number of hydrogen-bond acceptors (Lipinski definition) is 3. The molecule has 92 valence electrons. The number of piperazine rings is 1. The third-order valence-corrected chi connectivity index (χ3v) is 5.04. The Kier molecular flexibility index (Phi) is 3.23. The molecule has 0 aromatic heterocycles. The predicted octanol–water partition coefficient (Wildman–Crippen LogP) is 1.48. The number of nitrogens with one attached hydrogen (secondary N) is 1. The summed E-state index contributed by atoms with van der Waals surface area (Å²) < 4.78 is -0.145. The van der Waals surface area contributed by atoms with Crippen molar-refractivity contribution in [1.82, 2.24) is 10.2 Å². The van der Waals surface area contributed by atoms with Crippen LogP contribution < -0.4 is 5.32 Å². The van der Waals surface area contributed by atoms with Crippen LogP contribution in [-0.4, -0.2) is 46.5 Å². The van der Waals surface area contributed by atoms with E-state index in [9.17, 15) is 4.79 Å². The highest BCUT2D eigenvalue weighted by molar-refractivity contribution is 8.01. The van der Waals surface area contributed by atoms with Gasteiger partial charge in [-0.25, -0.2) is 0 Å². The second kappa shape index (κ2) is 4.22. The molecular weight excluding hydrogens is 220 g/mol. The average molecular weight is 242 g/mol. The standard InChI is InChI=1S/C12H22N2OS/c1-11(2)9-14(7-6-13-11)10(15)12(3)5-4-8-16-12/h13H,4-9H2,1-3H3. The van der Waals surface area contributed by atoms with Gasteiger partial charge in [-0.3, -0.25) is 4.79 Å². The molecule has 2 aliphatic rings. The van der Waals surface area contributed by atoms with Gasteiger partial charge in [-0.15, -0.1) is 11.8 Å². The van der Waals surface area contributed by atoms with Gasteiger partial charge in [-0.2, -0.15) is 0 Å². The van der Waals surface area contributed by atoms with E-state index in [1.54, 1.807) is 0 Å². The van der Waals surface area contributed by atoms with Crippen molar-refractivity contribution in [2.75, 3.05) is 25.4 Å². The number of rotatable bonds is 1. The highest BCUT2D eigenvalue weighted by Crippen LogP contribution is 2.39. The molecule has 2 aliphatic heterocycles. The van der Waals surface area contributed by atoms with Crippen molar-refractivity contribution in [2.24, 2.45) is 0 Å². The third-order valence-electron chi connectivity index (χ3n) is 3.53. The van der Waals surface area contributed by atoms with E-state index in [1.165, 1.54) is 6.42 Å². The van der Waals surface area contributed by atoms with E-state index in [-0.39, 0.29) is 10.3 Å². The van der Waals surface area contributed by atoms with Crippen LogP contribution in [0.25, 0.3) is 0 Å². The minimum Gasteiger partial charge on any atom is -0.338 e. The molecule has 0 spiro atoms. The van der Waals surface area contributed by atoms with Gasteiger partial charge in [-0.1, -0.05) is 0 Å². The minimum absolute atomic E-state index is 0.0630. The first-order valence-electron chi connectivity index (χ1n) is 6.11. The smallest absolute Gasteiger partial charge is 0.238 e. The Hall–Kier alpha value is -0.220. The molecule has 4 heteroatoms. The quantitative estimate of drug-likeness (QED) is 0.756. The predicted molar refractivity (Wildman–Crippen MR) is 68.8 cm³/mol. The van der Waals surface area contributed by atoms with Gasteiger partial charge in [0.15, 0.2) is 0 Å². The van der Waals surface area contributed by atoms with E-state index in [1.807, 2.05) is 11.8 Å². The highest BCUT2D eigenvalue weighted by atomic mass is 32.2. The minimum atomic E-state index is -0.145. The number of carbonyl (C=O) groups is 1. The normalized spacial score (nSPS) is 34.1. The summed E-state index contributed by atoms with van der Waals surface area (Å²) in [4.78, 5) is 14.5. The second-order valence-corrected chi connectivity index (χ2v) is 7.32.